The lowest BCUT2D eigenvalue weighted by Gasteiger charge is -2.06. The highest BCUT2D eigenvalue weighted by Gasteiger charge is 1.95. The van der Waals surface area contributed by atoms with Gasteiger partial charge >= 0.3 is 0 Å². The first-order valence-corrected chi connectivity index (χ1v) is 5.76. The second kappa shape index (κ2) is 7.90. The Kier molecular flexibility index (Phi) is 6.47. The predicted octanol–water partition coefficient (Wildman–Crippen LogP) is 3.56. The van der Waals surface area contributed by atoms with E-state index in [1.54, 1.807) is 7.11 Å². The van der Waals surface area contributed by atoms with Gasteiger partial charge in [0, 0.05) is 13.1 Å². The Hall–Kier alpha value is -1.32. The summed E-state index contributed by atoms with van der Waals surface area (Å²) in [5.74, 6) is 0.900. The molecule has 0 bridgehead atoms. The molecule has 2 aromatic carbocycles. The van der Waals surface area contributed by atoms with E-state index < -0.39 is 0 Å². The molecule has 0 aliphatic rings. The monoisotopic (exact) mass is 307 g/mol. The largest absolute Gasteiger partial charge is 0.497 e. The minimum Gasteiger partial charge on any atom is -0.497 e. The number of ether oxygens (including phenoxy) is 1. The topological polar surface area (TPSA) is 21.3 Å². The number of hydrogen-bond donors (Lipinski definition) is 1. The summed E-state index contributed by atoms with van der Waals surface area (Å²) in [7, 11) is 1.68. The van der Waals surface area contributed by atoms with Gasteiger partial charge in [-0.25, -0.2) is 0 Å². The summed E-state index contributed by atoms with van der Waals surface area (Å²) in [5, 5.41) is 3.41. The summed E-state index contributed by atoms with van der Waals surface area (Å²) in [6.45, 7) is 1.77. The van der Waals surface area contributed by atoms with E-state index in [4.69, 9.17) is 4.74 Å². The van der Waals surface area contributed by atoms with Crippen molar-refractivity contribution in [2.45, 2.75) is 13.1 Å². The van der Waals surface area contributed by atoms with Gasteiger partial charge in [0.25, 0.3) is 0 Å². The first-order chi connectivity index (χ1) is 8.38. The van der Waals surface area contributed by atoms with Crippen LogP contribution in [0.25, 0.3) is 0 Å². The quantitative estimate of drug-likeness (QED) is 0.912. The van der Waals surface area contributed by atoms with Gasteiger partial charge in [0.2, 0.25) is 0 Å². The second-order valence-electron chi connectivity index (χ2n) is 3.94. The van der Waals surface area contributed by atoms with Crippen molar-refractivity contribution in [1.29, 1.82) is 0 Å². The second-order valence-corrected chi connectivity index (χ2v) is 3.94. The smallest absolute Gasteiger partial charge is 0.118 e. The number of methoxy groups -OCH3 is 1. The highest BCUT2D eigenvalue weighted by molar-refractivity contribution is 8.93. The summed E-state index contributed by atoms with van der Waals surface area (Å²) in [6.07, 6.45) is 0. The van der Waals surface area contributed by atoms with Crippen LogP contribution >= 0.6 is 17.0 Å². The molecule has 0 saturated carbocycles. The minimum absolute atomic E-state index is 0. The van der Waals surface area contributed by atoms with Gasteiger partial charge in [-0.3, -0.25) is 0 Å². The standard InChI is InChI=1S/C15H17NO.BrH/c1-17-15-9-7-14(8-10-15)12-16-11-13-5-3-2-4-6-13;/h2-10,16H,11-12H2,1H3;1H. The van der Waals surface area contributed by atoms with Gasteiger partial charge in [0.05, 0.1) is 7.11 Å². The van der Waals surface area contributed by atoms with Gasteiger partial charge < -0.3 is 10.1 Å². The van der Waals surface area contributed by atoms with E-state index in [2.05, 4.69) is 41.7 Å². The molecule has 0 aliphatic heterocycles. The molecule has 3 heteroatoms. The fourth-order valence-corrected chi connectivity index (χ4v) is 1.69. The average molecular weight is 308 g/mol. The SMILES string of the molecule is Br.COc1ccc(CNCc2ccccc2)cc1. The van der Waals surface area contributed by atoms with Crippen molar-refractivity contribution in [2.24, 2.45) is 0 Å². The van der Waals surface area contributed by atoms with E-state index in [1.807, 2.05) is 18.2 Å². The summed E-state index contributed by atoms with van der Waals surface area (Å²) in [6, 6.07) is 18.5. The zero-order valence-corrected chi connectivity index (χ0v) is 12.1. The maximum Gasteiger partial charge on any atom is 0.118 e. The van der Waals surface area contributed by atoms with Crippen LogP contribution in [0.2, 0.25) is 0 Å². The Balaban J connectivity index is 0.00000162. The van der Waals surface area contributed by atoms with Crippen LogP contribution in [-0.2, 0) is 13.1 Å². The van der Waals surface area contributed by atoms with Crippen LogP contribution in [0.1, 0.15) is 11.1 Å². The highest BCUT2D eigenvalue weighted by Crippen LogP contribution is 2.11. The molecular formula is C15H18BrNO. The molecule has 0 fully saturated rings. The Bertz CT molecular complexity index is 442. The third-order valence-electron chi connectivity index (χ3n) is 2.66. The summed E-state index contributed by atoms with van der Waals surface area (Å²) in [4.78, 5) is 0. The third-order valence-corrected chi connectivity index (χ3v) is 2.66. The minimum atomic E-state index is 0. The maximum absolute atomic E-state index is 5.12. The molecule has 0 aromatic heterocycles. The first-order valence-electron chi connectivity index (χ1n) is 5.76. The van der Waals surface area contributed by atoms with Crippen molar-refractivity contribution in [3.8, 4) is 5.75 Å². The number of rotatable bonds is 5. The van der Waals surface area contributed by atoms with Crippen LogP contribution in [0, 0.1) is 0 Å². The van der Waals surface area contributed by atoms with Crippen LogP contribution in [-0.4, -0.2) is 7.11 Å². The fourth-order valence-electron chi connectivity index (χ4n) is 1.69. The number of hydrogen-bond acceptors (Lipinski definition) is 2. The Morgan fingerprint density at radius 2 is 1.39 bits per heavy atom. The molecule has 0 spiro atoms. The molecule has 2 rings (SSSR count). The molecule has 1 N–H and O–H groups in total. The fraction of sp³-hybridized carbons (Fsp3) is 0.200. The normalized spacial score (nSPS) is 9.61. The van der Waals surface area contributed by atoms with Crippen LogP contribution in [0.15, 0.2) is 54.6 Å². The molecule has 2 aromatic rings. The molecule has 96 valence electrons. The number of halogens is 1. The predicted molar refractivity (Wildman–Crippen MR) is 80.3 cm³/mol. The molecule has 0 saturated heterocycles. The van der Waals surface area contributed by atoms with Gasteiger partial charge in [-0.15, -0.1) is 17.0 Å². The van der Waals surface area contributed by atoms with Crippen LogP contribution in [0.3, 0.4) is 0 Å². The molecule has 2 nitrogen and oxygen atoms in total. The summed E-state index contributed by atoms with van der Waals surface area (Å²) < 4.78 is 5.12. The molecule has 0 unspecified atom stereocenters. The number of nitrogens with one attached hydrogen (secondary N) is 1. The lowest BCUT2D eigenvalue weighted by atomic mass is 10.2. The van der Waals surface area contributed by atoms with Crippen LogP contribution in [0.4, 0.5) is 0 Å². The van der Waals surface area contributed by atoms with Crippen molar-refractivity contribution in [1.82, 2.24) is 5.32 Å². The van der Waals surface area contributed by atoms with Crippen molar-refractivity contribution < 1.29 is 4.74 Å². The molecule has 0 aliphatic carbocycles. The molecule has 0 atom stereocenters. The molecule has 18 heavy (non-hydrogen) atoms. The van der Waals surface area contributed by atoms with E-state index in [0.717, 1.165) is 18.8 Å². The van der Waals surface area contributed by atoms with Crippen molar-refractivity contribution in [3.05, 3.63) is 65.7 Å². The molecule has 0 amide bonds. The lowest BCUT2D eigenvalue weighted by molar-refractivity contribution is 0.414. The van der Waals surface area contributed by atoms with Crippen molar-refractivity contribution in [2.75, 3.05) is 7.11 Å². The van der Waals surface area contributed by atoms with Gasteiger partial charge in [0.1, 0.15) is 5.75 Å². The van der Waals surface area contributed by atoms with E-state index in [1.165, 1.54) is 11.1 Å². The first kappa shape index (κ1) is 14.7. The van der Waals surface area contributed by atoms with Crippen LogP contribution < -0.4 is 10.1 Å². The van der Waals surface area contributed by atoms with E-state index >= 15 is 0 Å². The average Bonchev–Trinajstić information content (AvgIpc) is 2.41. The zero-order chi connectivity index (χ0) is 11.9. The summed E-state index contributed by atoms with van der Waals surface area (Å²) >= 11 is 0. The Labute approximate surface area is 119 Å². The zero-order valence-electron chi connectivity index (χ0n) is 10.4. The van der Waals surface area contributed by atoms with E-state index in [9.17, 15) is 0 Å². The maximum atomic E-state index is 5.12. The third kappa shape index (κ3) is 4.51. The van der Waals surface area contributed by atoms with Gasteiger partial charge in [-0.1, -0.05) is 42.5 Å². The lowest BCUT2D eigenvalue weighted by Crippen LogP contribution is -2.12. The molecule has 0 radical (unpaired) electrons. The van der Waals surface area contributed by atoms with E-state index in [0.29, 0.717) is 0 Å². The van der Waals surface area contributed by atoms with Crippen molar-refractivity contribution in [3.63, 3.8) is 0 Å². The van der Waals surface area contributed by atoms with E-state index in [-0.39, 0.29) is 17.0 Å². The van der Waals surface area contributed by atoms with Gasteiger partial charge in [-0.05, 0) is 23.3 Å². The Morgan fingerprint density at radius 1 is 0.833 bits per heavy atom. The Morgan fingerprint density at radius 3 is 1.94 bits per heavy atom. The summed E-state index contributed by atoms with van der Waals surface area (Å²) in [5.41, 5.74) is 2.57. The van der Waals surface area contributed by atoms with Crippen LogP contribution in [0.5, 0.6) is 5.75 Å². The highest BCUT2D eigenvalue weighted by atomic mass is 79.9. The van der Waals surface area contributed by atoms with Gasteiger partial charge in [-0.2, -0.15) is 0 Å². The number of benzene rings is 2. The van der Waals surface area contributed by atoms with Gasteiger partial charge in [0.15, 0.2) is 0 Å². The molecular weight excluding hydrogens is 290 g/mol. The van der Waals surface area contributed by atoms with Crippen molar-refractivity contribution >= 4 is 17.0 Å². The molecule has 0 heterocycles.